The number of ether oxygens (including phenoxy) is 2. The van der Waals surface area contributed by atoms with Gasteiger partial charge >= 0.3 is 5.51 Å². The van der Waals surface area contributed by atoms with Crippen molar-refractivity contribution < 1.29 is 35.6 Å². The molecule has 156 valence electrons. The zero-order valence-electron chi connectivity index (χ0n) is 15.2. The molecule has 0 spiro atoms. The van der Waals surface area contributed by atoms with E-state index in [2.05, 4.69) is 36.4 Å². The normalized spacial score (nSPS) is 15.3. The molecular formula is C18H21F3O5S2. The summed E-state index contributed by atoms with van der Waals surface area (Å²) in [7, 11) is -5.63. The minimum absolute atomic E-state index is 0.325. The van der Waals surface area contributed by atoms with E-state index in [1.165, 1.54) is 40.0 Å². The lowest BCUT2D eigenvalue weighted by atomic mass is 10.1. The first kappa shape index (κ1) is 22.8. The van der Waals surface area contributed by atoms with Crippen molar-refractivity contribution in [3.63, 3.8) is 0 Å². The molecule has 0 atom stereocenters. The Hall–Kier alpha value is -1.49. The van der Waals surface area contributed by atoms with Gasteiger partial charge in [-0.2, -0.15) is 13.2 Å². The van der Waals surface area contributed by atoms with Gasteiger partial charge in [0.05, 0.1) is 0 Å². The first-order valence-corrected chi connectivity index (χ1v) is 11.5. The van der Waals surface area contributed by atoms with E-state index in [4.69, 9.17) is 22.4 Å². The van der Waals surface area contributed by atoms with Gasteiger partial charge in [-0.25, -0.2) is 8.42 Å². The summed E-state index contributed by atoms with van der Waals surface area (Å²) in [5.74, 6) is 3.61. The van der Waals surface area contributed by atoms with Crippen LogP contribution in [0.4, 0.5) is 13.2 Å². The summed E-state index contributed by atoms with van der Waals surface area (Å²) in [6.45, 7) is 2.98. The Balaban J connectivity index is 0.000000300. The van der Waals surface area contributed by atoms with Crippen LogP contribution in [-0.4, -0.2) is 43.4 Å². The van der Waals surface area contributed by atoms with Crippen molar-refractivity contribution in [3.05, 3.63) is 36.4 Å². The maximum Gasteiger partial charge on any atom is 0.485 e. The second kappa shape index (κ2) is 9.82. The van der Waals surface area contributed by atoms with Crippen molar-refractivity contribution in [2.75, 3.05) is 24.9 Å². The average Bonchev–Trinajstić information content (AvgIpc) is 3.14. The van der Waals surface area contributed by atoms with Crippen LogP contribution in [0, 0.1) is 0 Å². The van der Waals surface area contributed by atoms with Crippen LogP contribution in [0.5, 0.6) is 5.75 Å². The van der Waals surface area contributed by atoms with Crippen LogP contribution in [-0.2, 0) is 25.7 Å². The largest absolute Gasteiger partial charge is 0.741 e. The molecule has 1 fully saturated rings. The monoisotopic (exact) mass is 438 g/mol. The van der Waals surface area contributed by atoms with Crippen LogP contribution in [0.25, 0.3) is 10.8 Å². The quantitative estimate of drug-likeness (QED) is 0.232. The molecule has 1 aliphatic rings. The fourth-order valence-corrected chi connectivity index (χ4v) is 5.16. The molecule has 1 saturated heterocycles. The third-order valence-electron chi connectivity index (χ3n) is 3.95. The van der Waals surface area contributed by atoms with Gasteiger partial charge in [0.2, 0.25) is 0 Å². The minimum Gasteiger partial charge on any atom is -0.741 e. The molecule has 0 N–H and O–H groups in total. The summed E-state index contributed by atoms with van der Waals surface area (Å²) in [4.78, 5) is 1.54. The fraction of sp³-hybridized carbons (Fsp3) is 0.444. The molecule has 0 radical (unpaired) electrons. The third-order valence-corrected chi connectivity index (χ3v) is 7.06. The van der Waals surface area contributed by atoms with Crippen LogP contribution >= 0.6 is 0 Å². The molecular weight excluding hydrogens is 417 g/mol. The molecule has 5 nitrogen and oxygen atoms in total. The molecule has 0 aliphatic carbocycles. The van der Waals surface area contributed by atoms with Gasteiger partial charge in [0, 0.05) is 22.9 Å². The summed E-state index contributed by atoms with van der Waals surface area (Å²) in [6.07, 6.45) is 2.77. The maximum absolute atomic E-state index is 10.7. The molecule has 1 aliphatic heterocycles. The lowest BCUT2D eigenvalue weighted by molar-refractivity contribution is -0.0517. The van der Waals surface area contributed by atoms with Crippen molar-refractivity contribution in [1.29, 1.82) is 0 Å². The van der Waals surface area contributed by atoms with Crippen molar-refractivity contribution in [2.45, 2.75) is 30.2 Å². The van der Waals surface area contributed by atoms with E-state index in [0.717, 1.165) is 5.75 Å². The van der Waals surface area contributed by atoms with Gasteiger partial charge in [0.1, 0.15) is 17.3 Å². The highest BCUT2D eigenvalue weighted by molar-refractivity contribution is 7.97. The Morgan fingerprint density at radius 2 is 1.79 bits per heavy atom. The van der Waals surface area contributed by atoms with Crippen molar-refractivity contribution in [2.24, 2.45) is 0 Å². The Kier molecular flexibility index (Phi) is 7.99. The van der Waals surface area contributed by atoms with Gasteiger partial charge in [-0.3, -0.25) is 0 Å². The zero-order valence-corrected chi connectivity index (χ0v) is 16.8. The van der Waals surface area contributed by atoms with E-state index in [1.807, 2.05) is 6.92 Å². The molecule has 28 heavy (non-hydrogen) atoms. The van der Waals surface area contributed by atoms with Gasteiger partial charge in [0.25, 0.3) is 0 Å². The van der Waals surface area contributed by atoms with Crippen molar-refractivity contribution in [3.8, 4) is 5.75 Å². The highest BCUT2D eigenvalue weighted by atomic mass is 32.2. The molecule has 0 aromatic heterocycles. The first-order chi connectivity index (χ1) is 13.1. The van der Waals surface area contributed by atoms with Crippen LogP contribution < -0.4 is 4.74 Å². The predicted octanol–water partition coefficient (Wildman–Crippen LogP) is 4.04. The lowest BCUT2D eigenvalue weighted by Crippen LogP contribution is -2.21. The average molecular weight is 438 g/mol. The molecule has 10 heteroatoms. The molecule has 3 rings (SSSR count). The number of hydrogen-bond donors (Lipinski definition) is 0. The van der Waals surface area contributed by atoms with Crippen LogP contribution in [0.1, 0.15) is 19.8 Å². The Morgan fingerprint density at radius 1 is 1.14 bits per heavy atom. The fourth-order valence-electron chi connectivity index (χ4n) is 2.64. The van der Waals surface area contributed by atoms with Gasteiger partial charge in [0.15, 0.2) is 21.8 Å². The third kappa shape index (κ3) is 6.26. The van der Waals surface area contributed by atoms with Crippen molar-refractivity contribution >= 4 is 31.8 Å². The second-order valence-corrected chi connectivity index (χ2v) is 9.52. The molecule has 0 unspecified atom stereocenters. The summed E-state index contributed by atoms with van der Waals surface area (Å²) in [5.41, 5.74) is -5.65. The molecule has 2 aromatic rings. The van der Waals surface area contributed by atoms with Crippen LogP contribution in [0.3, 0.4) is 0 Å². The van der Waals surface area contributed by atoms with Crippen LogP contribution in [0.15, 0.2) is 41.3 Å². The van der Waals surface area contributed by atoms with Gasteiger partial charge in [-0.15, -0.1) is 0 Å². The van der Waals surface area contributed by atoms with Gasteiger partial charge in [-0.1, -0.05) is 12.1 Å². The standard InChI is InChI=1S/C17H21O2S.CHF3O3S/c1-2-18-13-19-15-8-9-16-14(12-15)6-5-7-17(16)20-10-3-4-11-20;2-1(3,4)8(5,6)7/h5-9,12H,2-4,10-11,13H2,1H3;(H,5,6,7)/q+1;/p-1. The highest BCUT2D eigenvalue weighted by Gasteiger charge is 2.37. The van der Waals surface area contributed by atoms with Crippen LogP contribution in [0.2, 0.25) is 0 Å². The topological polar surface area (TPSA) is 75.7 Å². The summed E-state index contributed by atoms with van der Waals surface area (Å²) in [5, 5.41) is 2.66. The van der Waals surface area contributed by atoms with E-state index in [-0.39, 0.29) is 0 Å². The van der Waals surface area contributed by atoms with Gasteiger partial charge < -0.3 is 14.0 Å². The Labute approximate surface area is 164 Å². The summed E-state index contributed by atoms with van der Waals surface area (Å²) < 4.78 is 69.7. The first-order valence-electron chi connectivity index (χ1n) is 8.56. The number of fused-ring (bicyclic) bond motifs is 1. The minimum atomic E-state index is -6.09. The van der Waals surface area contributed by atoms with E-state index in [1.54, 1.807) is 0 Å². The van der Waals surface area contributed by atoms with E-state index in [0.29, 0.717) is 24.3 Å². The summed E-state index contributed by atoms with van der Waals surface area (Å²) >= 11 is 0. The summed E-state index contributed by atoms with van der Waals surface area (Å²) in [6, 6.07) is 13.0. The number of rotatable bonds is 5. The van der Waals surface area contributed by atoms with E-state index >= 15 is 0 Å². The molecule has 0 saturated carbocycles. The molecule has 1 heterocycles. The lowest BCUT2D eigenvalue weighted by Gasteiger charge is -2.09. The van der Waals surface area contributed by atoms with Gasteiger partial charge in [-0.05, 0) is 49.4 Å². The predicted molar refractivity (Wildman–Crippen MR) is 101 cm³/mol. The van der Waals surface area contributed by atoms with Crippen molar-refractivity contribution in [1.82, 2.24) is 0 Å². The number of halogens is 3. The second-order valence-electron chi connectivity index (χ2n) is 5.90. The number of hydrogen-bond acceptors (Lipinski definition) is 5. The SMILES string of the molecule is CCOCOc1ccc2c([S+]3CCCC3)cccc2c1.O=S(=O)([O-])C(F)(F)F. The Bertz CT molecular complexity index is 878. The van der Waals surface area contributed by atoms with E-state index in [9.17, 15) is 13.2 Å². The molecule has 0 amide bonds. The highest BCUT2D eigenvalue weighted by Crippen LogP contribution is 2.31. The van der Waals surface area contributed by atoms with E-state index < -0.39 is 15.6 Å². The maximum atomic E-state index is 10.7. The zero-order chi connectivity index (χ0) is 20.8. The smallest absolute Gasteiger partial charge is 0.485 e. The Morgan fingerprint density at radius 3 is 2.36 bits per heavy atom. The molecule has 2 aromatic carbocycles. The molecule has 0 bridgehead atoms. The number of benzene rings is 2. The number of alkyl halides is 3.